The number of anilines is 1. The minimum atomic E-state index is -4.51. The van der Waals surface area contributed by atoms with Gasteiger partial charge in [0.05, 0.1) is 48.0 Å². The number of pyridine rings is 2. The lowest BCUT2D eigenvalue weighted by atomic mass is 10.0. The van der Waals surface area contributed by atoms with Gasteiger partial charge < -0.3 is 15.0 Å². The van der Waals surface area contributed by atoms with Gasteiger partial charge in [-0.2, -0.15) is 13.2 Å². The largest absolute Gasteiger partial charge is 0.417 e. The lowest BCUT2D eigenvalue weighted by Gasteiger charge is -2.43. The first kappa shape index (κ1) is 25.4. The number of nitrogens with zero attached hydrogens (tertiary/aromatic N) is 5. The number of ether oxygens (including phenoxy) is 1. The Balaban J connectivity index is 1.60. The van der Waals surface area contributed by atoms with Crippen molar-refractivity contribution in [3.63, 3.8) is 0 Å². The van der Waals surface area contributed by atoms with Crippen LogP contribution in [0, 0.1) is 11.6 Å². The summed E-state index contributed by atoms with van der Waals surface area (Å²) in [7, 11) is 0. The van der Waals surface area contributed by atoms with Crippen LogP contribution in [0.1, 0.15) is 29.9 Å². The molecule has 0 aliphatic carbocycles. The van der Waals surface area contributed by atoms with Crippen LogP contribution in [0.25, 0.3) is 11.4 Å². The molecular weight excluding hydrogens is 487 g/mol. The molecule has 0 saturated carbocycles. The molecule has 3 aromatic rings. The summed E-state index contributed by atoms with van der Waals surface area (Å²) < 4.78 is 71.6. The first-order valence-electron chi connectivity index (χ1n) is 10.9. The minimum absolute atomic E-state index is 0.0112. The number of hydrogen-bond donors (Lipinski definition) is 1. The summed E-state index contributed by atoms with van der Waals surface area (Å²) in [6.45, 7) is 3.80. The first-order valence-corrected chi connectivity index (χ1v) is 10.9. The Kier molecular flexibility index (Phi) is 7.11. The lowest BCUT2D eigenvalue weighted by Crippen LogP contribution is -2.58. The van der Waals surface area contributed by atoms with Gasteiger partial charge in [0.1, 0.15) is 17.3 Å². The average Bonchev–Trinajstić information content (AvgIpc) is 2.83. The zero-order valence-electron chi connectivity index (χ0n) is 19.1. The van der Waals surface area contributed by atoms with E-state index in [9.17, 15) is 26.7 Å². The molecule has 8 nitrogen and oxygen atoms in total. The topological polar surface area (TPSA) is 93.1 Å². The van der Waals surface area contributed by atoms with Gasteiger partial charge in [0, 0.05) is 19.3 Å². The molecule has 0 aromatic carbocycles. The van der Waals surface area contributed by atoms with Gasteiger partial charge >= 0.3 is 6.18 Å². The number of halogens is 5. The van der Waals surface area contributed by atoms with Crippen LogP contribution in [0.2, 0.25) is 0 Å². The van der Waals surface area contributed by atoms with E-state index in [1.54, 1.807) is 13.8 Å². The Morgan fingerprint density at radius 3 is 2.39 bits per heavy atom. The number of nitrogens with one attached hydrogen (secondary N) is 1. The van der Waals surface area contributed by atoms with E-state index in [4.69, 9.17) is 4.74 Å². The van der Waals surface area contributed by atoms with Crippen LogP contribution in [-0.4, -0.2) is 62.1 Å². The average molecular weight is 508 g/mol. The molecule has 4 heterocycles. The van der Waals surface area contributed by atoms with Crippen molar-refractivity contribution >= 4 is 11.7 Å². The standard InChI is InChI=1S/C23H21F5N6O2/c1-12-11-34(18(13(2)36-12)10-30-19-4-3-14(6-29-19)23(26,27)28)22(35)20-17(5-15(24)7-31-20)21-32-8-16(25)9-33-21/h3-9,12-13,18H,10-11H2,1-2H3,(H,29,30)/t12?,13-,18?/m0/s1. The molecule has 0 bridgehead atoms. The van der Waals surface area contributed by atoms with Gasteiger partial charge in [-0.3, -0.25) is 4.79 Å². The summed E-state index contributed by atoms with van der Waals surface area (Å²) in [5.74, 6) is -1.89. The number of morpholine rings is 1. The van der Waals surface area contributed by atoms with Crippen LogP contribution in [0.3, 0.4) is 0 Å². The number of rotatable bonds is 5. The Labute approximate surface area is 202 Å². The third kappa shape index (κ3) is 5.56. The molecule has 1 amide bonds. The molecule has 0 spiro atoms. The van der Waals surface area contributed by atoms with Gasteiger partial charge in [-0.25, -0.2) is 28.7 Å². The van der Waals surface area contributed by atoms with Crippen LogP contribution in [0.4, 0.5) is 27.8 Å². The fourth-order valence-corrected chi connectivity index (χ4v) is 3.92. The van der Waals surface area contributed by atoms with E-state index < -0.39 is 41.4 Å². The molecule has 1 aliphatic rings. The number of aromatic nitrogens is 4. The van der Waals surface area contributed by atoms with Crippen LogP contribution >= 0.6 is 0 Å². The molecule has 0 radical (unpaired) electrons. The summed E-state index contributed by atoms with van der Waals surface area (Å²) in [6.07, 6.45) is -1.93. The minimum Gasteiger partial charge on any atom is -0.372 e. The van der Waals surface area contributed by atoms with E-state index in [2.05, 4.69) is 25.3 Å². The third-order valence-electron chi connectivity index (χ3n) is 5.61. The normalized spacial score (nSPS) is 20.3. The second kappa shape index (κ2) is 10.1. The molecule has 3 atom stereocenters. The smallest absolute Gasteiger partial charge is 0.372 e. The van der Waals surface area contributed by atoms with E-state index in [1.165, 1.54) is 11.0 Å². The predicted octanol–water partition coefficient (Wildman–Crippen LogP) is 3.96. The zero-order chi connectivity index (χ0) is 26.0. The quantitative estimate of drug-likeness (QED) is 0.522. The highest BCUT2D eigenvalue weighted by Gasteiger charge is 2.38. The van der Waals surface area contributed by atoms with Gasteiger partial charge in [0.2, 0.25) is 0 Å². The van der Waals surface area contributed by atoms with Crippen molar-refractivity contribution in [1.29, 1.82) is 0 Å². The molecule has 1 aliphatic heterocycles. The van der Waals surface area contributed by atoms with Gasteiger partial charge in [-0.05, 0) is 32.0 Å². The Morgan fingerprint density at radius 2 is 1.75 bits per heavy atom. The lowest BCUT2D eigenvalue weighted by molar-refractivity contribution is -0.137. The van der Waals surface area contributed by atoms with Crippen molar-refractivity contribution in [3.05, 3.63) is 65.9 Å². The third-order valence-corrected chi connectivity index (χ3v) is 5.61. The van der Waals surface area contributed by atoms with Gasteiger partial charge in [-0.1, -0.05) is 0 Å². The van der Waals surface area contributed by atoms with Gasteiger partial charge in [-0.15, -0.1) is 0 Å². The highest BCUT2D eigenvalue weighted by Crippen LogP contribution is 2.29. The van der Waals surface area contributed by atoms with E-state index in [0.717, 1.165) is 30.7 Å². The second-order valence-electron chi connectivity index (χ2n) is 8.26. The fourth-order valence-electron chi connectivity index (χ4n) is 3.92. The first-order chi connectivity index (χ1) is 17.0. The maximum Gasteiger partial charge on any atom is 0.417 e. The summed E-state index contributed by atoms with van der Waals surface area (Å²) in [5, 5.41) is 2.94. The maximum absolute atomic E-state index is 14.0. The summed E-state index contributed by atoms with van der Waals surface area (Å²) in [5.41, 5.74) is -1.03. The SMILES string of the molecule is CC1CN(C(=O)c2ncc(F)cc2-c2ncc(F)cn2)C(CNc2ccc(C(F)(F)F)cn2)[C@H](C)O1. The fraction of sp³-hybridized carbons (Fsp3) is 0.348. The molecule has 13 heteroatoms. The summed E-state index contributed by atoms with van der Waals surface area (Å²) >= 11 is 0. The Bertz CT molecular complexity index is 1220. The molecule has 4 rings (SSSR count). The van der Waals surface area contributed by atoms with Crippen LogP contribution < -0.4 is 5.32 Å². The zero-order valence-corrected chi connectivity index (χ0v) is 19.1. The van der Waals surface area contributed by atoms with E-state index in [0.29, 0.717) is 6.20 Å². The van der Waals surface area contributed by atoms with E-state index >= 15 is 0 Å². The Morgan fingerprint density at radius 1 is 1.06 bits per heavy atom. The molecular formula is C23H21F5N6O2. The molecule has 1 fully saturated rings. The van der Waals surface area contributed by atoms with Crippen LogP contribution in [0.15, 0.2) is 43.0 Å². The van der Waals surface area contributed by atoms with E-state index in [-0.39, 0.29) is 42.1 Å². The number of hydrogen-bond acceptors (Lipinski definition) is 7. The number of carbonyl (C=O) groups is 1. The van der Waals surface area contributed by atoms with Crippen molar-refractivity contribution in [2.24, 2.45) is 0 Å². The van der Waals surface area contributed by atoms with Crippen LogP contribution in [-0.2, 0) is 10.9 Å². The van der Waals surface area contributed by atoms with Gasteiger partial charge in [0.15, 0.2) is 11.6 Å². The van der Waals surface area contributed by atoms with Crippen molar-refractivity contribution < 1.29 is 31.5 Å². The van der Waals surface area contributed by atoms with Gasteiger partial charge in [0.25, 0.3) is 5.91 Å². The Hall–Kier alpha value is -3.74. The molecule has 1 N–H and O–H groups in total. The van der Waals surface area contributed by atoms with Crippen molar-refractivity contribution in [1.82, 2.24) is 24.8 Å². The monoisotopic (exact) mass is 508 g/mol. The maximum atomic E-state index is 14.0. The van der Waals surface area contributed by atoms with E-state index in [1.807, 2.05) is 0 Å². The molecule has 36 heavy (non-hydrogen) atoms. The van der Waals surface area contributed by atoms with Crippen LogP contribution in [0.5, 0.6) is 0 Å². The van der Waals surface area contributed by atoms with Crippen molar-refractivity contribution in [2.75, 3.05) is 18.4 Å². The number of alkyl halides is 3. The second-order valence-corrected chi connectivity index (χ2v) is 8.26. The number of carbonyl (C=O) groups excluding carboxylic acids is 1. The van der Waals surface area contributed by atoms with Crippen molar-refractivity contribution in [2.45, 2.75) is 38.3 Å². The molecule has 2 unspecified atom stereocenters. The summed E-state index contributed by atoms with van der Waals surface area (Å²) in [4.78, 5) is 30.6. The predicted molar refractivity (Wildman–Crippen MR) is 118 cm³/mol. The van der Waals surface area contributed by atoms with Crippen molar-refractivity contribution in [3.8, 4) is 11.4 Å². The highest BCUT2D eigenvalue weighted by atomic mass is 19.4. The molecule has 1 saturated heterocycles. The molecule has 190 valence electrons. The summed E-state index contributed by atoms with van der Waals surface area (Å²) in [6, 6.07) is 2.56. The molecule has 3 aromatic heterocycles. The highest BCUT2D eigenvalue weighted by molar-refractivity contribution is 5.98. The number of amides is 1.